The molecule has 4 heteroatoms. The van der Waals surface area contributed by atoms with Gasteiger partial charge in [0.2, 0.25) is 6.19 Å². The van der Waals surface area contributed by atoms with Crippen LogP contribution in [0, 0.1) is 28.7 Å². The number of hydrogen-bond acceptors (Lipinski definition) is 3. The summed E-state index contributed by atoms with van der Waals surface area (Å²) in [5.41, 5.74) is 0. The zero-order chi connectivity index (χ0) is 10.4. The Kier molecular flexibility index (Phi) is 3.94. The fraction of sp³-hybridized carbons (Fsp3) is 0.700. The highest BCUT2D eigenvalue weighted by molar-refractivity contribution is 5.85. The highest BCUT2D eigenvalue weighted by Crippen LogP contribution is 2.19. The van der Waals surface area contributed by atoms with Crippen molar-refractivity contribution in [3.63, 3.8) is 0 Å². The maximum Gasteiger partial charge on any atom is 0.207 e. The molecule has 0 aromatic carbocycles. The first kappa shape index (κ1) is 10.5. The normalized spacial score (nSPS) is 21.8. The summed E-state index contributed by atoms with van der Waals surface area (Å²) in [4.78, 5) is 5.75. The summed E-state index contributed by atoms with van der Waals surface area (Å²) in [6.45, 7) is 4.04. The van der Waals surface area contributed by atoms with E-state index in [1.54, 1.807) is 6.19 Å². The predicted molar refractivity (Wildman–Crippen MR) is 53.2 cm³/mol. The lowest BCUT2D eigenvalue weighted by Crippen LogP contribution is -2.28. The molecular formula is C10H14N4. The zero-order valence-corrected chi connectivity index (χ0v) is 8.40. The molecule has 0 aliphatic carbocycles. The molecule has 1 heterocycles. The van der Waals surface area contributed by atoms with E-state index in [1.165, 1.54) is 0 Å². The van der Waals surface area contributed by atoms with Crippen molar-refractivity contribution >= 4 is 5.84 Å². The first-order valence-electron chi connectivity index (χ1n) is 4.89. The number of amidine groups is 1. The molecule has 1 rings (SSSR count). The minimum Gasteiger partial charge on any atom is -0.358 e. The van der Waals surface area contributed by atoms with Crippen LogP contribution in [0.3, 0.4) is 0 Å². The molecule has 0 spiro atoms. The minimum atomic E-state index is 0.240. The number of rotatable bonds is 2. The minimum absolute atomic E-state index is 0.240. The molecule has 74 valence electrons. The predicted octanol–water partition coefficient (Wildman–Crippen LogP) is 1.51. The van der Waals surface area contributed by atoms with Crippen molar-refractivity contribution in [1.29, 1.82) is 10.5 Å². The fourth-order valence-corrected chi connectivity index (χ4v) is 1.75. The van der Waals surface area contributed by atoms with Crippen LogP contribution in [0.1, 0.15) is 26.2 Å². The Labute approximate surface area is 84.5 Å². The number of nitriles is 2. The maximum atomic E-state index is 8.58. The summed E-state index contributed by atoms with van der Waals surface area (Å²) in [5, 5.41) is 17.1. The van der Waals surface area contributed by atoms with Gasteiger partial charge in [-0.25, -0.2) is 0 Å². The van der Waals surface area contributed by atoms with Gasteiger partial charge in [-0.15, -0.1) is 0 Å². The molecule has 1 fully saturated rings. The lowest BCUT2D eigenvalue weighted by molar-refractivity contribution is 0.467. The Bertz CT molecular complexity index is 294. The third kappa shape index (κ3) is 2.47. The second-order valence-corrected chi connectivity index (χ2v) is 3.47. The van der Waals surface area contributed by atoms with E-state index in [0.717, 1.165) is 25.9 Å². The van der Waals surface area contributed by atoms with Gasteiger partial charge >= 0.3 is 0 Å². The first-order valence-corrected chi connectivity index (χ1v) is 4.89. The van der Waals surface area contributed by atoms with Crippen LogP contribution in [0.2, 0.25) is 0 Å². The smallest absolute Gasteiger partial charge is 0.207 e. The molecule has 0 bridgehead atoms. The summed E-state index contributed by atoms with van der Waals surface area (Å²) in [5.74, 6) is 1.32. The molecule has 0 aromatic rings. The van der Waals surface area contributed by atoms with E-state index in [0.29, 0.717) is 11.8 Å². The molecule has 1 atom stereocenters. The topological polar surface area (TPSA) is 63.2 Å². The van der Waals surface area contributed by atoms with E-state index in [4.69, 9.17) is 10.5 Å². The largest absolute Gasteiger partial charge is 0.358 e. The summed E-state index contributed by atoms with van der Waals surface area (Å²) < 4.78 is 0. The van der Waals surface area contributed by atoms with E-state index in [9.17, 15) is 0 Å². The highest BCUT2D eigenvalue weighted by Gasteiger charge is 2.23. The average molecular weight is 190 g/mol. The Morgan fingerprint density at radius 1 is 1.57 bits per heavy atom. The van der Waals surface area contributed by atoms with Gasteiger partial charge in [-0.3, -0.25) is 0 Å². The molecule has 1 aliphatic rings. The van der Waals surface area contributed by atoms with Gasteiger partial charge < -0.3 is 4.90 Å². The van der Waals surface area contributed by atoms with Crippen molar-refractivity contribution in [2.24, 2.45) is 10.9 Å². The number of aliphatic imine (C=N–C) groups is 1. The Morgan fingerprint density at radius 2 is 2.36 bits per heavy atom. The first-order chi connectivity index (χ1) is 6.81. The number of hydrogen-bond donors (Lipinski definition) is 0. The summed E-state index contributed by atoms with van der Waals surface area (Å²) in [7, 11) is 0. The van der Waals surface area contributed by atoms with Crippen molar-refractivity contribution in [1.82, 2.24) is 4.90 Å². The summed E-state index contributed by atoms with van der Waals surface area (Å²) >= 11 is 0. The van der Waals surface area contributed by atoms with E-state index in [1.807, 2.05) is 6.07 Å². The van der Waals surface area contributed by atoms with Crippen LogP contribution in [-0.4, -0.2) is 23.8 Å². The van der Waals surface area contributed by atoms with E-state index in [2.05, 4.69) is 16.8 Å². The Morgan fingerprint density at radius 3 is 2.86 bits per heavy atom. The van der Waals surface area contributed by atoms with Crippen molar-refractivity contribution < 1.29 is 0 Å². The van der Waals surface area contributed by atoms with Crippen LogP contribution in [0.4, 0.5) is 0 Å². The number of nitrogens with zero attached hydrogens (tertiary/aromatic N) is 4. The van der Waals surface area contributed by atoms with Gasteiger partial charge in [0.05, 0.1) is 12.5 Å². The van der Waals surface area contributed by atoms with E-state index < -0.39 is 0 Å². The van der Waals surface area contributed by atoms with Crippen molar-refractivity contribution in [2.45, 2.75) is 26.2 Å². The van der Waals surface area contributed by atoms with Crippen LogP contribution in [0.5, 0.6) is 0 Å². The second-order valence-electron chi connectivity index (χ2n) is 3.47. The molecule has 1 unspecified atom stereocenters. The third-order valence-electron chi connectivity index (χ3n) is 2.64. The van der Waals surface area contributed by atoms with Crippen molar-refractivity contribution in [3.05, 3.63) is 0 Å². The lowest BCUT2D eigenvalue weighted by atomic mass is 10.1. The van der Waals surface area contributed by atoms with E-state index >= 15 is 0 Å². The molecule has 0 N–H and O–H groups in total. The van der Waals surface area contributed by atoms with Gasteiger partial charge in [0.15, 0.2) is 0 Å². The monoisotopic (exact) mass is 190 g/mol. The van der Waals surface area contributed by atoms with Crippen molar-refractivity contribution in [3.8, 4) is 12.3 Å². The molecule has 0 saturated carbocycles. The zero-order valence-electron chi connectivity index (χ0n) is 8.40. The lowest BCUT2D eigenvalue weighted by Gasteiger charge is -2.17. The van der Waals surface area contributed by atoms with Gasteiger partial charge in [0, 0.05) is 13.1 Å². The van der Waals surface area contributed by atoms with Gasteiger partial charge in [-0.2, -0.15) is 15.5 Å². The van der Waals surface area contributed by atoms with Gasteiger partial charge in [-0.05, 0) is 12.3 Å². The second kappa shape index (κ2) is 5.24. The highest BCUT2D eigenvalue weighted by atomic mass is 15.2. The number of likely N-dealkylation sites (tertiary alicyclic amines) is 1. The molecule has 0 aromatic heterocycles. The Hall–Kier alpha value is -1.55. The van der Waals surface area contributed by atoms with Crippen LogP contribution >= 0.6 is 0 Å². The summed E-state index contributed by atoms with van der Waals surface area (Å²) in [6.07, 6.45) is 4.30. The fourth-order valence-electron chi connectivity index (χ4n) is 1.75. The van der Waals surface area contributed by atoms with Crippen LogP contribution in [0.15, 0.2) is 4.99 Å². The molecule has 1 aliphatic heterocycles. The third-order valence-corrected chi connectivity index (χ3v) is 2.64. The van der Waals surface area contributed by atoms with Gasteiger partial charge in [0.1, 0.15) is 5.84 Å². The van der Waals surface area contributed by atoms with Crippen molar-refractivity contribution in [2.75, 3.05) is 13.1 Å². The molecule has 4 nitrogen and oxygen atoms in total. The van der Waals surface area contributed by atoms with Crippen LogP contribution in [-0.2, 0) is 0 Å². The SMILES string of the molecule is CCC1CCN(C(CC#N)=NC#N)C1. The van der Waals surface area contributed by atoms with Gasteiger partial charge in [0.25, 0.3) is 0 Å². The molecule has 14 heavy (non-hydrogen) atoms. The van der Waals surface area contributed by atoms with Gasteiger partial charge in [-0.1, -0.05) is 13.3 Å². The Balaban J connectivity index is 2.60. The van der Waals surface area contributed by atoms with E-state index in [-0.39, 0.29) is 6.42 Å². The van der Waals surface area contributed by atoms with Crippen LogP contribution in [0.25, 0.3) is 0 Å². The standard InChI is InChI=1S/C10H14N4/c1-2-9-4-6-14(7-9)10(3-5-11)13-8-12/h9H,2-4,6-7H2,1H3. The molecular weight excluding hydrogens is 176 g/mol. The maximum absolute atomic E-state index is 8.58. The molecule has 0 amide bonds. The molecule has 0 radical (unpaired) electrons. The average Bonchev–Trinajstić information content (AvgIpc) is 2.65. The molecule has 1 saturated heterocycles. The van der Waals surface area contributed by atoms with Crippen LogP contribution < -0.4 is 0 Å². The summed E-state index contributed by atoms with van der Waals surface area (Å²) in [6, 6.07) is 2.04. The quantitative estimate of drug-likeness (QED) is 0.376.